The largest absolute Gasteiger partial charge is 0.481 e. The molecule has 5 nitrogen and oxygen atoms in total. The van der Waals surface area contributed by atoms with Crippen LogP contribution in [-0.4, -0.2) is 25.2 Å². The Morgan fingerprint density at radius 1 is 1.12 bits per heavy atom. The van der Waals surface area contributed by atoms with E-state index >= 15 is 0 Å². The number of anilines is 1. The molecule has 1 aliphatic rings. The number of rotatable bonds is 5. The normalized spacial score (nSPS) is 13.1. The molecule has 2 aromatic rings. The fourth-order valence-electron chi connectivity index (χ4n) is 3.61. The number of methoxy groups -OCH3 is 2. The maximum Gasteiger partial charge on any atom is 0.339 e. The zero-order valence-corrected chi connectivity index (χ0v) is 15.9. The summed E-state index contributed by atoms with van der Waals surface area (Å²) in [6.07, 6.45) is 4.44. The van der Waals surface area contributed by atoms with Gasteiger partial charge in [0.05, 0.1) is 19.8 Å². The first-order valence-corrected chi connectivity index (χ1v) is 9.02. The van der Waals surface area contributed by atoms with Crippen molar-refractivity contribution in [3.05, 3.63) is 51.7 Å². The van der Waals surface area contributed by atoms with Crippen LogP contribution >= 0.6 is 0 Å². The van der Waals surface area contributed by atoms with Crippen molar-refractivity contribution in [2.75, 3.05) is 19.5 Å². The second-order valence-electron chi connectivity index (χ2n) is 6.79. The molecule has 0 atom stereocenters. The van der Waals surface area contributed by atoms with Gasteiger partial charge in [-0.25, -0.2) is 9.78 Å². The Balaban J connectivity index is 1.93. The van der Waals surface area contributed by atoms with E-state index in [1.165, 1.54) is 31.1 Å². The summed E-state index contributed by atoms with van der Waals surface area (Å²) in [5, 5.41) is 3.41. The molecule has 0 radical (unpaired) electrons. The molecule has 1 aromatic carbocycles. The molecule has 1 aliphatic carbocycles. The predicted octanol–water partition coefficient (Wildman–Crippen LogP) is 3.98. The number of ether oxygens (including phenoxy) is 2. The van der Waals surface area contributed by atoms with Crippen molar-refractivity contribution < 1.29 is 14.3 Å². The van der Waals surface area contributed by atoms with E-state index in [0.717, 1.165) is 35.3 Å². The summed E-state index contributed by atoms with van der Waals surface area (Å²) >= 11 is 0. The lowest BCUT2D eigenvalue weighted by atomic mass is 9.89. The maximum atomic E-state index is 12.3. The molecule has 0 amide bonds. The van der Waals surface area contributed by atoms with Crippen LogP contribution in [0.2, 0.25) is 0 Å². The van der Waals surface area contributed by atoms with Gasteiger partial charge in [-0.1, -0.05) is 0 Å². The molecule has 0 saturated heterocycles. The molecule has 0 spiro atoms. The van der Waals surface area contributed by atoms with Gasteiger partial charge >= 0.3 is 5.97 Å². The van der Waals surface area contributed by atoms with Crippen LogP contribution in [0.3, 0.4) is 0 Å². The minimum atomic E-state index is -0.313. The molecule has 3 rings (SSSR count). The van der Waals surface area contributed by atoms with Gasteiger partial charge in [-0.05, 0) is 74.4 Å². The summed E-state index contributed by atoms with van der Waals surface area (Å²) in [5.74, 6) is 0.305. The van der Waals surface area contributed by atoms with Crippen LogP contribution < -0.4 is 10.1 Å². The second kappa shape index (κ2) is 7.77. The Morgan fingerprint density at radius 3 is 2.46 bits per heavy atom. The first-order chi connectivity index (χ1) is 12.5. The van der Waals surface area contributed by atoms with Crippen molar-refractivity contribution in [1.82, 2.24) is 4.98 Å². The number of nitrogens with zero attached hydrogens (tertiary/aromatic N) is 1. The van der Waals surface area contributed by atoms with Crippen LogP contribution in [0, 0.1) is 13.8 Å². The molecule has 26 heavy (non-hydrogen) atoms. The Kier molecular flexibility index (Phi) is 5.45. The minimum Gasteiger partial charge on any atom is -0.481 e. The lowest BCUT2D eigenvalue weighted by Crippen LogP contribution is -2.13. The number of carbonyl (C=O) groups excluding carboxylic acids is 1. The predicted molar refractivity (Wildman–Crippen MR) is 102 cm³/mol. The quantitative estimate of drug-likeness (QED) is 0.823. The smallest absolute Gasteiger partial charge is 0.339 e. The molecule has 0 aliphatic heterocycles. The van der Waals surface area contributed by atoms with Crippen molar-refractivity contribution in [3.8, 4) is 5.88 Å². The number of fused-ring (bicyclic) bond motifs is 1. The average Bonchev–Trinajstić information content (AvgIpc) is 2.65. The Hall–Kier alpha value is -2.56. The van der Waals surface area contributed by atoms with Gasteiger partial charge in [-0.15, -0.1) is 0 Å². The van der Waals surface area contributed by atoms with Crippen molar-refractivity contribution >= 4 is 11.7 Å². The molecule has 1 N–H and O–H groups in total. The monoisotopic (exact) mass is 354 g/mol. The van der Waals surface area contributed by atoms with E-state index in [-0.39, 0.29) is 5.97 Å². The summed E-state index contributed by atoms with van der Waals surface area (Å²) in [6.45, 7) is 4.53. The van der Waals surface area contributed by atoms with Crippen LogP contribution in [0.15, 0.2) is 18.2 Å². The third kappa shape index (κ3) is 3.66. The first kappa shape index (κ1) is 18.2. The highest BCUT2D eigenvalue weighted by molar-refractivity contribution is 5.96. The van der Waals surface area contributed by atoms with Gasteiger partial charge in [0.25, 0.3) is 0 Å². The standard InChI is InChI=1S/C21H26N2O3/c1-13-9-14(2)23-20(25-3)18(13)12-22-19-11-16-8-6-5-7-15(16)10-17(19)21(24)26-4/h9-11,22H,5-8,12H2,1-4H3. The Bertz CT molecular complexity index is 830. The molecule has 138 valence electrons. The van der Waals surface area contributed by atoms with E-state index in [1.807, 2.05) is 26.0 Å². The van der Waals surface area contributed by atoms with Gasteiger partial charge in [0, 0.05) is 23.5 Å². The van der Waals surface area contributed by atoms with Gasteiger partial charge < -0.3 is 14.8 Å². The highest BCUT2D eigenvalue weighted by atomic mass is 16.5. The van der Waals surface area contributed by atoms with E-state index in [2.05, 4.69) is 16.4 Å². The summed E-state index contributed by atoms with van der Waals surface area (Å²) in [7, 11) is 3.05. The van der Waals surface area contributed by atoms with E-state index < -0.39 is 0 Å². The maximum absolute atomic E-state index is 12.3. The fraction of sp³-hybridized carbons (Fsp3) is 0.429. The molecule has 5 heteroatoms. The number of benzene rings is 1. The molecule has 1 heterocycles. The topological polar surface area (TPSA) is 60.5 Å². The molecular formula is C21H26N2O3. The number of esters is 1. The number of hydrogen-bond donors (Lipinski definition) is 1. The SMILES string of the molecule is COC(=O)c1cc2c(cc1NCc1c(C)cc(C)nc1OC)CCCC2. The van der Waals surface area contributed by atoms with Crippen LogP contribution in [-0.2, 0) is 24.1 Å². The van der Waals surface area contributed by atoms with E-state index in [1.54, 1.807) is 7.11 Å². The van der Waals surface area contributed by atoms with Gasteiger partial charge in [0.15, 0.2) is 0 Å². The highest BCUT2D eigenvalue weighted by Gasteiger charge is 2.19. The summed E-state index contributed by atoms with van der Waals surface area (Å²) in [5.41, 5.74) is 6.99. The molecule has 0 unspecified atom stereocenters. The van der Waals surface area contributed by atoms with E-state index in [0.29, 0.717) is 18.0 Å². The summed E-state index contributed by atoms with van der Waals surface area (Å²) in [6, 6.07) is 6.12. The lowest BCUT2D eigenvalue weighted by molar-refractivity contribution is 0.0601. The zero-order chi connectivity index (χ0) is 18.7. The second-order valence-corrected chi connectivity index (χ2v) is 6.79. The lowest BCUT2D eigenvalue weighted by Gasteiger charge is -2.20. The van der Waals surface area contributed by atoms with Crippen LogP contribution in [0.25, 0.3) is 0 Å². The number of aromatic nitrogens is 1. The van der Waals surface area contributed by atoms with Crippen molar-refractivity contribution in [3.63, 3.8) is 0 Å². The van der Waals surface area contributed by atoms with E-state index in [4.69, 9.17) is 9.47 Å². The highest BCUT2D eigenvalue weighted by Crippen LogP contribution is 2.30. The first-order valence-electron chi connectivity index (χ1n) is 9.02. The number of nitrogens with one attached hydrogen (secondary N) is 1. The molecule has 1 aromatic heterocycles. The summed E-state index contributed by atoms with van der Waals surface area (Å²) < 4.78 is 10.4. The van der Waals surface area contributed by atoms with E-state index in [9.17, 15) is 4.79 Å². The van der Waals surface area contributed by atoms with Crippen molar-refractivity contribution in [1.29, 1.82) is 0 Å². The van der Waals surface area contributed by atoms with Crippen LogP contribution in [0.4, 0.5) is 5.69 Å². The number of hydrogen-bond acceptors (Lipinski definition) is 5. The molecule has 0 fully saturated rings. The summed E-state index contributed by atoms with van der Waals surface area (Å²) in [4.78, 5) is 16.7. The van der Waals surface area contributed by atoms with Crippen molar-refractivity contribution in [2.24, 2.45) is 0 Å². The molecule has 0 bridgehead atoms. The van der Waals surface area contributed by atoms with Crippen LogP contribution in [0.5, 0.6) is 5.88 Å². The number of carbonyl (C=O) groups is 1. The number of aryl methyl sites for hydroxylation is 4. The fourth-order valence-corrected chi connectivity index (χ4v) is 3.61. The van der Waals surface area contributed by atoms with Gasteiger partial charge in [-0.3, -0.25) is 0 Å². The number of pyridine rings is 1. The van der Waals surface area contributed by atoms with Gasteiger partial charge in [-0.2, -0.15) is 0 Å². The Morgan fingerprint density at radius 2 is 1.81 bits per heavy atom. The van der Waals surface area contributed by atoms with Crippen LogP contribution in [0.1, 0.15) is 51.1 Å². The Labute approximate surface area is 154 Å². The van der Waals surface area contributed by atoms with Crippen molar-refractivity contribution in [2.45, 2.75) is 46.1 Å². The minimum absolute atomic E-state index is 0.313. The van der Waals surface area contributed by atoms with Gasteiger partial charge in [0.1, 0.15) is 0 Å². The molecule has 0 saturated carbocycles. The van der Waals surface area contributed by atoms with Gasteiger partial charge in [0.2, 0.25) is 5.88 Å². The zero-order valence-electron chi connectivity index (χ0n) is 15.9. The molecular weight excluding hydrogens is 328 g/mol. The third-order valence-corrected chi connectivity index (χ3v) is 4.97. The third-order valence-electron chi connectivity index (χ3n) is 4.97. The average molecular weight is 354 g/mol.